The van der Waals surface area contributed by atoms with Crippen LogP contribution in [-0.4, -0.2) is 32.6 Å². The van der Waals surface area contributed by atoms with Crippen molar-refractivity contribution >= 4 is 11.6 Å². The lowest BCUT2D eigenvalue weighted by molar-refractivity contribution is -0.127. The maximum absolute atomic E-state index is 12.3. The molecule has 0 aliphatic carbocycles. The number of hydrogen-bond acceptors (Lipinski definition) is 4. The first-order valence-corrected chi connectivity index (χ1v) is 6.81. The fourth-order valence-corrected chi connectivity index (χ4v) is 2.12. The lowest BCUT2D eigenvalue weighted by atomic mass is 10.0. The minimum Gasteiger partial charge on any atom is -0.345 e. The molecule has 2 aromatic rings. The van der Waals surface area contributed by atoms with Crippen molar-refractivity contribution in [2.24, 2.45) is 0 Å². The molecule has 2 aromatic heterocycles. The van der Waals surface area contributed by atoms with E-state index >= 15 is 0 Å². The Morgan fingerprint density at radius 2 is 2.15 bits per heavy atom. The van der Waals surface area contributed by atoms with Gasteiger partial charge in [0.15, 0.2) is 11.5 Å². The van der Waals surface area contributed by atoms with Crippen molar-refractivity contribution in [2.75, 3.05) is 6.54 Å². The van der Waals surface area contributed by atoms with Crippen LogP contribution in [0, 0.1) is 0 Å². The highest BCUT2D eigenvalue weighted by Gasteiger charge is 2.28. The summed E-state index contributed by atoms with van der Waals surface area (Å²) in [5, 5.41) is 14.4. The van der Waals surface area contributed by atoms with Gasteiger partial charge in [0.25, 0.3) is 0 Å². The maximum Gasteiger partial charge on any atom is 0.240 e. The molecule has 0 bridgehead atoms. The molecule has 0 aliphatic heterocycles. The summed E-state index contributed by atoms with van der Waals surface area (Å²) in [4.78, 5) is 12.3. The third kappa shape index (κ3) is 2.80. The number of fused-ring (bicyclic) bond motifs is 1. The van der Waals surface area contributed by atoms with Crippen LogP contribution >= 0.6 is 0 Å². The highest BCUT2D eigenvalue weighted by Crippen LogP contribution is 2.13. The van der Waals surface area contributed by atoms with Gasteiger partial charge in [-0.25, -0.2) is 0 Å². The molecule has 0 saturated heterocycles. The second kappa shape index (κ2) is 5.58. The summed E-state index contributed by atoms with van der Waals surface area (Å²) < 4.78 is 1.88. The normalized spacial score (nSPS) is 13.4. The fourth-order valence-electron chi connectivity index (χ4n) is 2.12. The van der Waals surface area contributed by atoms with Gasteiger partial charge in [0.05, 0.1) is 11.6 Å². The van der Waals surface area contributed by atoms with Gasteiger partial charge in [-0.2, -0.15) is 0 Å². The van der Waals surface area contributed by atoms with Crippen LogP contribution in [-0.2, 0) is 4.79 Å². The van der Waals surface area contributed by atoms with E-state index in [1.54, 1.807) is 0 Å². The number of aromatic nitrogens is 3. The predicted molar refractivity (Wildman–Crippen MR) is 77.3 cm³/mol. The van der Waals surface area contributed by atoms with E-state index in [0.29, 0.717) is 0 Å². The Morgan fingerprint density at radius 1 is 1.40 bits per heavy atom. The minimum absolute atomic E-state index is 0.0560. The molecule has 0 saturated carbocycles. The second-order valence-corrected chi connectivity index (χ2v) is 5.34. The van der Waals surface area contributed by atoms with Crippen LogP contribution in [0.5, 0.6) is 0 Å². The second-order valence-electron chi connectivity index (χ2n) is 5.34. The molecular weight excluding hydrogens is 254 g/mol. The van der Waals surface area contributed by atoms with Gasteiger partial charge in [0, 0.05) is 6.20 Å². The largest absolute Gasteiger partial charge is 0.345 e. The molecule has 2 heterocycles. The molecule has 6 nitrogen and oxygen atoms in total. The van der Waals surface area contributed by atoms with Gasteiger partial charge in [-0.05, 0) is 39.4 Å². The van der Waals surface area contributed by atoms with Crippen LogP contribution in [0.25, 0.3) is 5.65 Å². The first-order valence-electron chi connectivity index (χ1n) is 6.81. The summed E-state index contributed by atoms with van der Waals surface area (Å²) in [5.74, 6) is 0.667. The van der Waals surface area contributed by atoms with E-state index in [4.69, 9.17) is 0 Å². The number of hydrogen-bond donors (Lipinski definition) is 2. The molecule has 6 heteroatoms. The van der Waals surface area contributed by atoms with E-state index in [0.717, 1.165) is 18.0 Å². The average molecular weight is 275 g/mol. The SMILES string of the molecule is CCNC(C)(C)C(=O)NC(C)c1nnc2ccccn12. The highest BCUT2D eigenvalue weighted by atomic mass is 16.2. The van der Waals surface area contributed by atoms with E-state index in [-0.39, 0.29) is 11.9 Å². The number of nitrogens with one attached hydrogen (secondary N) is 2. The van der Waals surface area contributed by atoms with Crippen molar-refractivity contribution in [2.45, 2.75) is 39.3 Å². The van der Waals surface area contributed by atoms with Gasteiger partial charge in [-0.1, -0.05) is 13.0 Å². The van der Waals surface area contributed by atoms with Crippen LogP contribution in [0.3, 0.4) is 0 Å². The summed E-state index contributed by atoms with van der Waals surface area (Å²) in [7, 11) is 0. The average Bonchev–Trinajstić information content (AvgIpc) is 2.82. The van der Waals surface area contributed by atoms with Crippen molar-refractivity contribution in [3.63, 3.8) is 0 Å². The number of rotatable bonds is 5. The quantitative estimate of drug-likeness (QED) is 0.862. The Balaban J connectivity index is 2.16. The van der Waals surface area contributed by atoms with Crippen LogP contribution in [0.1, 0.15) is 39.6 Å². The number of amides is 1. The van der Waals surface area contributed by atoms with Gasteiger partial charge >= 0.3 is 0 Å². The van der Waals surface area contributed by atoms with Gasteiger partial charge in [-0.15, -0.1) is 10.2 Å². The lowest BCUT2D eigenvalue weighted by Gasteiger charge is -2.26. The first-order chi connectivity index (χ1) is 9.45. The molecule has 0 aromatic carbocycles. The molecule has 1 unspecified atom stereocenters. The van der Waals surface area contributed by atoms with Crippen molar-refractivity contribution in [1.29, 1.82) is 0 Å². The summed E-state index contributed by atoms with van der Waals surface area (Å²) in [5.41, 5.74) is 0.165. The van der Waals surface area contributed by atoms with Crippen molar-refractivity contribution in [3.05, 3.63) is 30.2 Å². The van der Waals surface area contributed by atoms with Gasteiger partial charge < -0.3 is 10.6 Å². The lowest BCUT2D eigenvalue weighted by Crippen LogP contribution is -2.53. The van der Waals surface area contributed by atoms with E-state index in [1.165, 1.54) is 0 Å². The Bertz CT molecular complexity index is 604. The first kappa shape index (κ1) is 14.5. The molecule has 1 atom stereocenters. The van der Waals surface area contributed by atoms with Crippen molar-refractivity contribution < 1.29 is 4.79 Å². The smallest absolute Gasteiger partial charge is 0.240 e. The molecule has 0 fully saturated rings. The monoisotopic (exact) mass is 275 g/mol. The molecule has 108 valence electrons. The van der Waals surface area contributed by atoms with Gasteiger partial charge in [0.1, 0.15) is 0 Å². The molecule has 2 rings (SSSR count). The standard InChI is InChI=1S/C14H21N5O/c1-5-15-14(3,4)13(20)16-10(2)12-18-17-11-8-6-7-9-19(11)12/h6-10,15H,5H2,1-4H3,(H,16,20). The fraction of sp³-hybridized carbons (Fsp3) is 0.500. The molecule has 20 heavy (non-hydrogen) atoms. The Morgan fingerprint density at radius 3 is 2.85 bits per heavy atom. The molecule has 0 spiro atoms. The molecule has 0 aliphatic rings. The summed E-state index contributed by atoms with van der Waals surface area (Å²) in [6, 6.07) is 5.49. The van der Waals surface area contributed by atoms with Crippen LogP contribution in [0.4, 0.5) is 0 Å². The number of pyridine rings is 1. The minimum atomic E-state index is -0.608. The Hall–Kier alpha value is -1.95. The predicted octanol–water partition coefficient (Wildman–Crippen LogP) is 1.29. The summed E-state index contributed by atoms with van der Waals surface area (Å²) >= 11 is 0. The van der Waals surface area contributed by atoms with Crippen LogP contribution in [0.15, 0.2) is 24.4 Å². The number of nitrogens with zero attached hydrogens (tertiary/aromatic N) is 3. The van der Waals surface area contributed by atoms with Crippen LogP contribution < -0.4 is 10.6 Å². The van der Waals surface area contributed by atoms with E-state index in [2.05, 4.69) is 20.8 Å². The summed E-state index contributed by atoms with van der Waals surface area (Å²) in [6.07, 6.45) is 1.89. The van der Waals surface area contributed by atoms with E-state index in [1.807, 2.05) is 56.5 Å². The van der Waals surface area contributed by atoms with Crippen LogP contribution in [0.2, 0.25) is 0 Å². The molecule has 0 radical (unpaired) electrons. The van der Waals surface area contributed by atoms with Crippen molar-refractivity contribution in [1.82, 2.24) is 25.2 Å². The third-order valence-corrected chi connectivity index (χ3v) is 3.26. The third-order valence-electron chi connectivity index (χ3n) is 3.26. The number of likely N-dealkylation sites (N-methyl/N-ethyl adjacent to an activating group) is 1. The van der Waals surface area contributed by atoms with E-state index in [9.17, 15) is 4.79 Å². The zero-order valence-corrected chi connectivity index (χ0v) is 12.3. The molecule has 2 N–H and O–H groups in total. The van der Waals surface area contributed by atoms with Crippen molar-refractivity contribution in [3.8, 4) is 0 Å². The Labute approximate surface area is 118 Å². The van der Waals surface area contributed by atoms with Gasteiger partial charge in [-0.3, -0.25) is 9.20 Å². The number of carbonyl (C=O) groups excluding carboxylic acids is 1. The molecular formula is C14H21N5O. The zero-order chi connectivity index (χ0) is 14.8. The maximum atomic E-state index is 12.3. The van der Waals surface area contributed by atoms with E-state index < -0.39 is 5.54 Å². The summed E-state index contributed by atoms with van der Waals surface area (Å²) in [6.45, 7) is 8.34. The zero-order valence-electron chi connectivity index (χ0n) is 12.3. The topological polar surface area (TPSA) is 71.3 Å². The highest BCUT2D eigenvalue weighted by molar-refractivity contribution is 5.85. The van der Waals surface area contributed by atoms with Gasteiger partial charge in [0.2, 0.25) is 5.91 Å². The molecule has 1 amide bonds. The Kier molecular flexibility index (Phi) is 4.04. The number of carbonyl (C=O) groups is 1.